The minimum absolute atomic E-state index is 0.147. The van der Waals surface area contributed by atoms with Crippen LogP contribution in [0.3, 0.4) is 0 Å². The van der Waals surface area contributed by atoms with E-state index in [-0.39, 0.29) is 16.2 Å². The Morgan fingerprint density at radius 2 is 1.50 bits per heavy atom. The maximum Gasteiger partial charge on any atom is 0.0543 e. The van der Waals surface area contributed by atoms with Gasteiger partial charge in [0.1, 0.15) is 0 Å². The molecule has 1 heterocycles. The molecular formula is C48H47NS. The standard InChI is InChI=1S/C48H47NS/c1-45(2)20-21-46(3,4)38-25-30(17-19-36(38)45)49(31-16-18-33-32-10-6-8-15-40(32)50-41(33)26-31)39-14-9-13-37-44(39)34-11-5-7-12-35(34)48(37)42-23-28-22-29-24-43(48)47(29,42)27-28/h5,7-9,11-19,25-26,28-29,42-43H,6,10,20-24,27H2,1-4H3. The van der Waals surface area contributed by atoms with Crippen molar-refractivity contribution in [2.45, 2.75) is 95.3 Å². The lowest BCUT2D eigenvalue weighted by Crippen LogP contribution is -2.73. The molecule has 4 aromatic carbocycles. The van der Waals surface area contributed by atoms with E-state index in [1.165, 1.54) is 92.8 Å². The zero-order chi connectivity index (χ0) is 33.4. The van der Waals surface area contributed by atoms with Crippen molar-refractivity contribution in [3.05, 3.63) is 118 Å². The SMILES string of the molecule is CC1(C)CCC(C)(C)c2cc(N(c3ccc4c5c(sc4c3)C=CCC5)c3cccc4c3-c3ccccc3C43C4CC5CC6CC3C64C5)ccc21. The number of hydrogen-bond donors (Lipinski definition) is 0. The van der Waals surface area contributed by atoms with Crippen molar-refractivity contribution in [3.63, 3.8) is 0 Å². The molecule has 0 saturated heterocycles. The molecule has 5 aromatic rings. The van der Waals surface area contributed by atoms with Gasteiger partial charge in [-0.05, 0) is 166 Å². The molecule has 2 bridgehead atoms. The van der Waals surface area contributed by atoms with Gasteiger partial charge in [0.25, 0.3) is 0 Å². The molecule has 0 radical (unpaired) electrons. The van der Waals surface area contributed by atoms with Gasteiger partial charge in [0.2, 0.25) is 0 Å². The molecule has 6 unspecified atom stereocenters. The van der Waals surface area contributed by atoms with Crippen LogP contribution in [0.4, 0.5) is 17.1 Å². The summed E-state index contributed by atoms with van der Waals surface area (Å²) >= 11 is 1.98. The van der Waals surface area contributed by atoms with E-state index < -0.39 is 0 Å². The van der Waals surface area contributed by atoms with E-state index >= 15 is 0 Å². The fourth-order valence-corrected chi connectivity index (χ4v) is 15.0. The largest absolute Gasteiger partial charge is 0.310 e. The van der Waals surface area contributed by atoms with E-state index in [4.69, 9.17) is 0 Å². The molecule has 7 aliphatic carbocycles. The highest BCUT2D eigenvalue weighted by Gasteiger charge is 2.84. The fourth-order valence-electron chi connectivity index (χ4n) is 13.8. The highest BCUT2D eigenvalue weighted by Crippen LogP contribution is 2.89. The number of benzene rings is 4. The molecule has 0 amide bonds. The number of aryl methyl sites for hydroxylation is 1. The minimum atomic E-state index is 0.147. The molecule has 7 aliphatic rings. The minimum Gasteiger partial charge on any atom is -0.310 e. The van der Waals surface area contributed by atoms with Crippen LogP contribution in [-0.4, -0.2) is 0 Å². The fraction of sp³-hybridized carbons (Fsp3) is 0.417. The maximum atomic E-state index is 2.67. The third kappa shape index (κ3) is 3.25. The van der Waals surface area contributed by atoms with Gasteiger partial charge in [0.05, 0.1) is 5.69 Å². The first-order valence-corrected chi connectivity index (χ1v) is 20.4. The van der Waals surface area contributed by atoms with Crippen LogP contribution < -0.4 is 4.90 Å². The number of thiophene rings is 1. The summed E-state index contributed by atoms with van der Waals surface area (Å²) in [4.78, 5) is 4.12. The van der Waals surface area contributed by atoms with Crippen molar-refractivity contribution in [3.8, 4) is 11.1 Å². The van der Waals surface area contributed by atoms with Crippen molar-refractivity contribution in [2.24, 2.45) is 29.1 Å². The quantitative estimate of drug-likeness (QED) is 0.185. The predicted octanol–water partition coefficient (Wildman–Crippen LogP) is 13.0. The number of hydrogen-bond acceptors (Lipinski definition) is 2. The number of anilines is 3. The van der Waals surface area contributed by atoms with Crippen LogP contribution in [0.1, 0.15) is 105 Å². The molecule has 50 heavy (non-hydrogen) atoms. The molecule has 1 nitrogen and oxygen atoms in total. The van der Waals surface area contributed by atoms with Crippen molar-refractivity contribution >= 4 is 44.6 Å². The zero-order valence-corrected chi connectivity index (χ0v) is 30.8. The number of allylic oxidation sites excluding steroid dienone is 1. The summed E-state index contributed by atoms with van der Waals surface area (Å²) in [7, 11) is 0. The summed E-state index contributed by atoms with van der Waals surface area (Å²) in [5, 5.41) is 1.45. The smallest absolute Gasteiger partial charge is 0.0543 e. The maximum absolute atomic E-state index is 2.67. The van der Waals surface area contributed by atoms with E-state index in [1.807, 2.05) is 11.3 Å². The molecule has 2 spiro atoms. The summed E-state index contributed by atoms with van der Waals surface area (Å²) in [5.41, 5.74) is 16.0. The summed E-state index contributed by atoms with van der Waals surface area (Å²) in [6.07, 6.45) is 15.4. The second kappa shape index (κ2) is 9.23. The Morgan fingerprint density at radius 1 is 0.720 bits per heavy atom. The van der Waals surface area contributed by atoms with Crippen LogP contribution in [-0.2, 0) is 22.7 Å². The van der Waals surface area contributed by atoms with Crippen LogP contribution in [0, 0.1) is 29.1 Å². The summed E-state index contributed by atoms with van der Waals surface area (Å²) in [6.45, 7) is 9.84. The highest BCUT2D eigenvalue weighted by atomic mass is 32.1. The third-order valence-corrected chi connectivity index (χ3v) is 17.0. The van der Waals surface area contributed by atoms with Gasteiger partial charge in [-0.2, -0.15) is 0 Å². The van der Waals surface area contributed by atoms with Crippen LogP contribution in [0.2, 0.25) is 0 Å². The molecule has 0 N–H and O–H groups in total. The van der Waals surface area contributed by atoms with Gasteiger partial charge in [-0.1, -0.05) is 82.3 Å². The van der Waals surface area contributed by atoms with Crippen LogP contribution in [0.25, 0.3) is 27.3 Å². The van der Waals surface area contributed by atoms with E-state index in [1.54, 1.807) is 16.7 Å². The Bertz CT molecular complexity index is 2350. The van der Waals surface area contributed by atoms with E-state index in [0.29, 0.717) is 5.41 Å². The predicted molar refractivity (Wildman–Crippen MR) is 210 cm³/mol. The lowest BCUT2D eigenvalue weighted by Gasteiger charge is -2.76. The molecule has 6 atom stereocenters. The number of fused-ring (bicyclic) bond motifs is 12. The molecule has 12 rings (SSSR count). The van der Waals surface area contributed by atoms with Gasteiger partial charge in [-0.25, -0.2) is 0 Å². The Hall–Kier alpha value is -3.62. The first-order chi connectivity index (χ1) is 24.2. The molecule has 0 aliphatic heterocycles. The van der Waals surface area contributed by atoms with Gasteiger partial charge in [-0.3, -0.25) is 0 Å². The summed E-state index contributed by atoms with van der Waals surface area (Å²) in [5.74, 6) is 3.60. The van der Waals surface area contributed by atoms with Crippen LogP contribution in [0.5, 0.6) is 0 Å². The number of nitrogens with zero attached hydrogens (tertiary/aromatic N) is 1. The monoisotopic (exact) mass is 669 g/mol. The normalized spacial score (nSPS) is 32.2. The second-order valence-electron chi connectivity index (χ2n) is 18.7. The molecule has 2 heteroatoms. The van der Waals surface area contributed by atoms with Gasteiger partial charge < -0.3 is 4.90 Å². The van der Waals surface area contributed by atoms with Crippen LogP contribution in [0.15, 0.2) is 84.9 Å². The molecule has 4 saturated carbocycles. The van der Waals surface area contributed by atoms with Gasteiger partial charge >= 0.3 is 0 Å². The van der Waals surface area contributed by atoms with Crippen LogP contribution >= 0.6 is 11.3 Å². The highest BCUT2D eigenvalue weighted by molar-refractivity contribution is 7.20. The first kappa shape index (κ1) is 29.0. The van der Waals surface area contributed by atoms with Gasteiger partial charge in [-0.15, -0.1) is 11.3 Å². The van der Waals surface area contributed by atoms with Crippen molar-refractivity contribution in [1.82, 2.24) is 0 Å². The Balaban J connectivity index is 1.11. The average Bonchev–Trinajstić information content (AvgIpc) is 3.84. The molecule has 4 fully saturated rings. The summed E-state index contributed by atoms with van der Waals surface area (Å²) in [6, 6.07) is 32.0. The zero-order valence-electron chi connectivity index (χ0n) is 30.0. The Labute approximate surface area is 301 Å². The lowest BCUT2D eigenvalue weighted by atomic mass is 9.27. The average molecular weight is 670 g/mol. The van der Waals surface area contributed by atoms with E-state index in [9.17, 15) is 0 Å². The molecule has 250 valence electrons. The van der Waals surface area contributed by atoms with Crippen molar-refractivity contribution < 1.29 is 0 Å². The third-order valence-electron chi connectivity index (χ3n) is 15.9. The Morgan fingerprint density at radius 3 is 2.38 bits per heavy atom. The first-order valence-electron chi connectivity index (χ1n) is 19.6. The van der Waals surface area contributed by atoms with Crippen molar-refractivity contribution in [2.75, 3.05) is 4.90 Å². The molecular weight excluding hydrogens is 623 g/mol. The van der Waals surface area contributed by atoms with E-state index in [0.717, 1.165) is 36.5 Å². The Kier molecular flexibility index (Phi) is 5.36. The number of rotatable bonds is 3. The summed E-state index contributed by atoms with van der Waals surface area (Å²) < 4.78 is 1.41. The topological polar surface area (TPSA) is 3.24 Å². The van der Waals surface area contributed by atoms with Gasteiger partial charge in [0.15, 0.2) is 0 Å². The van der Waals surface area contributed by atoms with Crippen molar-refractivity contribution in [1.29, 1.82) is 0 Å². The molecule has 1 aromatic heterocycles. The van der Waals surface area contributed by atoms with E-state index in [2.05, 4.69) is 124 Å². The lowest BCUT2D eigenvalue weighted by molar-refractivity contribution is -0.231. The second-order valence-corrected chi connectivity index (χ2v) is 19.8. The van der Waals surface area contributed by atoms with Gasteiger partial charge in [0, 0.05) is 31.9 Å².